The first-order chi connectivity index (χ1) is 14.8. The molecule has 0 fully saturated rings. The van der Waals surface area contributed by atoms with Gasteiger partial charge in [-0.1, -0.05) is 0 Å². The van der Waals surface area contributed by atoms with E-state index in [0.29, 0.717) is 6.61 Å². The second-order valence-electron chi connectivity index (χ2n) is 7.16. The minimum absolute atomic E-state index is 0.172. The van der Waals surface area contributed by atoms with Crippen molar-refractivity contribution in [1.82, 2.24) is 0 Å². The van der Waals surface area contributed by atoms with E-state index in [1.807, 2.05) is 25.1 Å². The molecule has 0 saturated carbocycles. The Hall–Kier alpha value is -2.42. The van der Waals surface area contributed by atoms with Crippen LogP contribution < -0.4 is 15.9 Å². The van der Waals surface area contributed by atoms with Crippen LogP contribution in [0.1, 0.15) is 6.92 Å². The van der Waals surface area contributed by atoms with Crippen LogP contribution >= 0.6 is 19.0 Å². The molecule has 0 radical (unpaired) electrons. The Bertz CT molecular complexity index is 912. The van der Waals surface area contributed by atoms with Gasteiger partial charge in [0.15, 0.2) is 0 Å². The molecule has 3 nitrogen and oxygen atoms in total. The number of rotatable bonds is 7. The van der Waals surface area contributed by atoms with E-state index in [4.69, 9.17) is 9.73 Å². The van der Waals surface area contributed by atoms with Gasteiger partial charge < -0.3 is 0 Å². The summed E-state index contributed by atoms with van der Waals surface area (Å²) in [5.74, 6) is 0.738. The molecular weight excluding hydrogens is 409 g/mol. The summed E-state index contributed by atoms with van der Waals surface area (Å²) in [7, 11) is -2.84. The van der Waals surface area contributed by atoms with Crippen molar-refractivity contribution in [3.8, 4) is 0 Å². The first kappa shape index (κ1) is 20.8. The summed E-state index contributed by atoms with van der Waals surface area (Å²) in [4.78, 5) is 18.4. The van der Waals surface area contributed by atoms with E-state index in [1.54, 1.807) is 11.8 Å². The zero-order valence-corrected chi connectivity index (χ0v) is 18.8. The number of nitrogens with zero attached hydrogens (tertiary/aromatic N) is 1. The van der Waals surface area contributed by atoms with Crippen LogP contribution in [0.3, 0.4) is 0 Å². The van der Waals surface area contributed by atoms with Gasteiger partial charge in [-0.05, 0) is 0 Å². The Labute approximate surface area is 182 Å². The molecule has 0 aromatic heterocycles. The van der Waals surface area contributed by atoms with Crippen molar-refractivity contribution in [3.05, 3.63) is 91.0 Å². The second kappa shape index (κ2) is 9.59. The molecule has 0 bridgehead atoms. The number of carbonyl (C=O) groups excluding carboxylic acids is 1. The minimum atomic E-state index is -2.84. The molecule has 3 aromatic carbocycles. The second-order valence-corrected chi connectivity index (χ2v) is 12.2. The zero-order valence-electron chi connectivity index (χ0n) is 17.0. The predicted octanol–water partition coefficient (Wildman–Crippen LogP) is 3.79. The Morgan fingerprint density at radius 1 is 0.900 bits per heavy atom. The first-order valence-corrected chi connectivity index (χ1v) is 13.3. The summed E-state index contributed by atoms with van der Waals surface area (Å²) in [5, 5.41) is 4.48. The number of hydrogen-bond acceptors (Lipinski definition) is 4. The number of benzene rings is 3. The van der Waals surface area contributed by atoms with Gasteiger partial charge in [0.25, 0.3) is 0 Å². The van der Waals surface area contributed by atoms with Gasteiger partial charge >= 0.3 is 183 Å². The molecule has 1 atom stereocenters. The molecule has 1 heterocycles. The molecule has 1 aliphatic rings. The van der Waals surface area contributed by atoms with E-state index in [1.165, 1.54) is 15.9 Å². The fourth-order valence-electron chi connectivity index (χ4n) is 4.32. The third kappa shape index (κ3) is 3.82. The summed E-state index contributed by atoms with van der Waals surface area (Å²) in [6, 6.07) is 31.5. The molecule has 0 spiro atoms. The van der Waals surface area contributed by atoms with Crippen molar-refractivity contribution >= 4 is 46.0 Å². The Morgan fingerprint density at radius 3 is 1.73 bits per heavy atom. The van der Waals surface area contributed by atoms with Gasteiger partial charge in [-0.25, -0.2) is 0 Å². The third-order valence-corrected chi connectivity index (χ3v) is 11.9. The monoisotopic (exact) mass is 435 g/mol. The van der Waals surface area contributed by atoms with Crippen LogP contribution in [-0.4, -0.2) is 35.6 Å². The van der Waals surface area contributed by atoms with E-state index in [2.05, 4.69) is 72.8 Å². The van der Waals surface area contributed by atoms with Crippen LogP contribution in [0.25, 0.3) is 0 Å². The van der Waals surface area contributed by atoms with Gasteiger partial charge in [-0.3, -0.25) is 0 Å². The van der Waals surface area contributed by atoms with E-state index < -0.39 is 12.9 Å². The van der Waals surface area contributed by atoms with Crippen LogP contribution in [-0.2, 0) is 9.53 Å². The maximum atomic E-state index is 13.6. The van der Waals surface area contributed by atoms with Crippen molar-refractivity contribution in [1.29, 1.82) is 0 Å². The maximum absolute atomic E-state index is 13.6. The molecule has 1 unspecified atom stereocenters. The van der Waals surface area contributed by atoms with Gasteiger partial charge in [-0.2, -0.15) is 0 Å². The molecule has 0 N–H and O–H groups in total. The van der Waals surface area contributed by atoms with E-state index >= 15 is 0 Å². The molecule has 154 valence electrons. The molecule has 0 saturated heterocycles. The number of esters is 1. The number of thioether (sulfide) groups is 1. The third-order valence-electron chi connectivity index (χ3n) is 5.50. The summed E-state index contributed by atoms with van der Waals surface area (Å²) in [5.41, 5.74) is -0.419. The molecule has 5 heteroatoms. The standard InChI is InChI=1S/C25H26NO2PS/c1-2-28-25(27)23(24-26-18-19-30-24)29(20-12-6-3-7-13-20,21-14-8-4-9-15-21)22-16-10-5-11-17-22/h3-17,23,29H,2,18-19H2,1H3. The molecule has 4 rings (SSSR count). The van der Waals surface area contributed by atoms with Gasteiger partial charge in [0, 0.05) is 0 Å². The van der Waals surface area contributed by atoms with E-state index in [0.717, 1.165) is 17.3 Å². The fraction of sp³-hybridized carbons (Fsp3) is 0.200. The SMILES string of the molecule is CCOC(=O)C(C1=NCCS1)[PH](c1ccccc1)(c1ccccc1)c1ccccc1. The average molecular weight is 436 g/mol. The van der Waals surface area contributed by atoms with E-state index in [-0.39, 0.29) is 5.97 Å². The molecule has 30 heavy (non-hydrogen) atoms. The number of aliphatic imine (C=N–C) groups is 1. The van der Waals surface area contributed by atoms with Crippen LogP contribution in [0.4, 0.5) is 0 Å². The first-order valence-electron chi connectivity index (χ1n) is 10.3. The summed E-state index contributed by atoms with van der Waals surface area (Å²) in [6.45, 7) is 2.98. The summed E-state index contributed by atoms with van der Waals surface area (Å²) >= 11 is 1.70. The van der Waals surface area contributed by atoms with Crippen LogP contribution in [0.2, 0.25) is 0 Å². The van der Waals surface area contributed by atoms with Gasteiger partial charge in [0.1, 0.15) is 0 Å². The number of carbonyl (C=O) groups is 1. The van der Waals surface area contributed by atoms with Gasteiger partial charge in [0.2, 0.25) is 0 Å². The predicted molar refractivity (Wildman–Crippen MR) is 132 cm³/mol. The Balaban J connectivity index is 2.09. The zero-order chi connectivity index (χ0) is 20.8. The van der Waals surface area contributed by atoms with Gasteiger partial charge in [-0.15, -0.1) is 0 Å². The fourth-order valence-corrected chi connectivity index (χ4v) is 11.0. The summed E-state index contributed by atoms with van der Waals surface area (Å²) < 4.78 is 5.69. The van der Waals surface area contributed by atoms with Crippen molar-refractivity contribution in [2.45, 2.75) is 12.6 Å². The Kier molecular flexibility index (Phi) is 6.66. The van der Waals surface area contributed by atoms with Crippen LogP contribution in [0.15, 0.2) is 96.0 Å². The molecule has 0 aliphatic carbocycles. The Morgan fingerprint density at radius 2 is 1.37 bits per heavy atom. The van der Waals surface area contributed by atoms with Crippen molar-refractivity contribution in [3.63, 3.8) is 0 Å². The summed E-state index contributed by atoms with van der Waals surface area (Å²) in [6.07, 6.45) is 0. The molecule has 0 amide bonds. The van der Waals surface area contributed by atoms with E-state index in [9.17, 15) is 4.79 Å². The van der Waals surface area contributed by atoms with Crippen molar-refractivity contribution < 1.29 is 9.53 Å². The molecule has 3 aromatic rings. The van der Waals surface area contributed by atoms with Gasteiger partial charge in [0.05, 0.1) is 0 Å². The van der Waals surface area contributed by atoms with Crippen LogP contribution in [0, 0.1) is 0 Å². The molecule has 1 aliphatic heterocycles. The number of ether oxygens (including phenoxy) is 1. The number of hydrogen-bond donors (Lipinski definition) is 0. The van der Waals surface area contributed by atoms with Crippen LogP contribution in [0.5, 0.6) is 0 Å². The quantitative estimate of drug-likeness (QED) is 0.419. The normalized spacial score (nSPS) is 15.3. The molecular formula is C25H26NO2PS. The van der Waals surface area contributed by atoms with Crippen molar-refractivity contribution in [2.75, 3.05) is 18.9 Å². The average Bonchev–Trinajstić information content (AvgIpc) is 3.33. The topological polar surface area (TPSA) is 38.7 Å². The van der Waals surface area contributed by atoms with Crippen molar-refractivity contribution in [2.24, 2.45) is 4.99 Å².